The van der Waals surface area contributed by atoms with E-state index in [4.69, 9.17) is 4.74 Å². The quantitative estimate of drug-likeness (QED) is 0.789. The van der Waals surface area contributed by atoms with Gasteiger partial charge in [0.2, 0.25) is 0 Å². The average molecular weight is 339 g/mol. The van der Waals surface area contributed by atoms with Crippen LogP contribution < -0.4 is 4.74 Å². The SMILES string of the molecule is COc1ccc(CC(=O)C2CCC(C)(C)CC2)cc1Br. The number of carbonyl (C=O) groups excluding carboxylic acids is 1. The standard InChI is InChI=1S/C17H23BrO2/c1-17(2)8-6-13(7-9-17)15(19)11-12-4-5-16(20-3)14(18)10-12/h4-5,10,13H,6-9,11H2,1-3H3. The minimum Gasteiger partial charge on any atom is -0.496 e. The molecule has 0 saturated heterocycles. The molecular formula is C17H23BrO2. The number of carbonyl (C=O) groups is 1. The Morgan fingerprint density at radius 1 is 1.35 bits per heavy atom. The van der Waals surface area contributed by atoms with E-state index in [2.05, 4.69) is 29.8 Å². The first-order chi connectivity index (χ1) is 9.41. The lowest BCUT2D eigenvalue weighted by molar-refractivity contribution is -0.123. The minimum absolute atomic E-state index is 0.254. The Kier molecular flexibility index (Phi) is 4.90. The summed E-state index contributed by atoms with van der Waals surface area (Å²) >= 11 is 3.47. The van der Waals surface area contributed by atoms with E-state index in [1.54, 1.807) is 7.11 Å². The first-order valence-electron chi connectivity index (χ1n) is 7.26. The van der Waals surface area contributed by atoms with E-state index < -0.39 is 0 Å². The molecule has 0 N–H and O–H groups in total. The van der Waals surface area contributed by atoms with Crippen molar-refractivity contribution in [2.45, 2.75) is 46.0 Å². The fourth-order valence-corrected chi connectivity index (χ4v) is 3.47. The van der Waals surface area contributed by atoms with Crippen molar-refractivity contribution in [2.75, 3.05) is 7.11 Å². The maximum atomic E-state index is 12.4. The molecule has 110 valence electrons. The Balaban J connectivity index is 1.96. The molecule has 1 aromatic rings. The first kappa shape index (κ1) is 15.6. The van der Waals surface area contributed by atoms with Crippen molar-refractivity contribution < 1.29 is 9.53 Å². The molecule has 0 aliphatic heterocycles. The average Bonchev–Trinajstić information content (AvgIpc) is 2.38. The molecule has 0 unspecified atom stereocenters. The van der Waals surface area contributed by atoms with Gasteiger partial charge in [-0.05, 0) is 64.7 Å². The predicted molar refractivity (Wildman–Crippen MR) is 85.1 cm³/mol. The number of ketones is 1. The zero-order valence-corrected chi connectivity index (χ0v) is 14.1. The Hall–Kier alpha value is -0.830. The van der Waals surface area contributed by atoms with Gasteiger partial charge in [-0.3, -0.25) is 4.79 Å². The van der Waals surface area contributed by atoms with Crippen molar-refractivity contribution in [3.05, 3.63) is 28.2 Å². The first-order valence-corrected chi connectivity index (χ1v) is 8.06. The molecule has 0 amide bonds. The number of hydrogen-bond acceptors (Lipinski definition) is 2. The molecule has 1 aliphatic carbocycles. The molecule has 0 bridgehead atoms. The second-order valence-electron chi connectivity index (χ2n) is 6.55. The lowest BCUT2D eigenvalue weighted by Crippen LogP contribution is -2.27. The highest BCUT2D eigenvalue weighted by molar-refractivity contribution is 9.10. The zero-order chi connectivity index (χ0) is 14.8. The van der Waals surface area contributed by atoms with Gasteiger partial charge in [-0.15, -0.1) is 0 Å². The number of halogens is 1. The van der Waals surface area contributed by atoms with Crippen molar-refractivity contribution in [3.63, 3.8) is 0 Å². The van der Waals surface area contributed by atoms with Gasteiger partial charge in [0.25, 0.3) is 0 Å². The molecular weight excluding hydrogens is 316 g/mol. The summed E-state index contributed by atoms with van der Waals surface area (Å²) in [5.74, 6) is 1.45. The maximum absolute atomic E-state index is 12.4. The van der Waals surface area contributed by atoms with E-state index in [9.17, 15) is 4.79 Å². The number of methoxy groups -OCH3 is 1. The van der Waals surface area contributed by atoms with Gasteiger partial charge in [-0.1, -0.05) is 19.9 Å². The molecule has 2 rings (SSSR count). The van der Waals surface area contributed by atoms with Crippen LogP contribution in [0.25, 0.3) is 0 Å². The van der Waals surface area contributed by atoms with Crippen LogP contribution in [0.1, 0.15) is 45.1 Å². The summed E-state index contributed by atoms with van der Waals surface area (Å²) in [6, 6.07) is 5.88. The molecule has 1 fully saturated rings. The Morgan fingerprint density at radius 2 is 2.00 bits per heavy atom. The van der Waals surface area contributed by atoms with Gasteiger partial charge in [0.15, 0.2) is 0 Å². The van der Waals surface area contributed by atoms with Crippen LogP contribution in [0.3, 0.4) is 0 Å². The highest BCUT2D eigenvalue weighted by Gasteiger charge is 2.30. The maximum Gasteiger partial charge on any atom is 0.140 e. The molecule has 0 spiro atoms. The van der Waals surface area contributed by atoms with Gasteiger partial charge in [0.05, 0.1) is 11.6 Å². The number of rotatable bonds is 4. The molecule has 1 aliphatic rings. The lowest BCUT2D eigenvalue weighted by atomic mass is 9.71. The van der Waals surface area contributed by atoms with Crippen LogP contribution in [0.15, 0.2) is 22.7 Å². The van der Waals surface area contributed by atoms with Crippen molar-refractivity contribution >= 4 is 21.7 Å². The summed E-state index contributed by atoms with van der Waals surface area (Å²) in [5.41, 5.74) is 1.48. The molecule has 0 aromatic heterocycles. The number of hydrogen-bond donors (Lipinski definition) is 0. The van der Waals surface area contributed by atoms with E-state index >= 15 is 0 Å². The number of Topliss-reactive ketones (excluding diaryl/α,β-unsaturated/α-hetero) is 1. The smallest absolute Gasteiger partial charge is 0.140 e. The summed E-state index contributed by atoms with van der Waals surface area (Å²) in [6.07, 6.45) is 4.95. The van der Waals surface area contributed by atoms with Crippen LogP contribution in [0.2, 0.25) is 0 Å². The normalized spacial score (nSPS) is 18.8. The van der Waals surface area contributed by atoms with Crippen LogP contribution >= 0.6 is 15.9 Å². The largest absolute Gasteiger partial charge is 0.496 e. The molecule has 0 radical (unpaired) electrons. The molecule has 0 atom stereocenters. The summed E-state index contributed by atoms with van der Waals surface area (Å²) in [7, 11) is 1.65. The highest BCUT2D eigenvalue weighted by Crippen LogP contribution is 2.38. The highest BCUT2D eigenvalue weighted by atomic mass is 79.9. The van der Waals surface area contributed by atoms with E-state index in [-0.39, 0.29) is 5.92 Å². The Morgan fingerprint density at radius 3 is 2.55 bits per heavy atom. The van der Waals surface area contributed by atoms with Gasteiger partial charge < -0.3 is 4.74 Å². The van der Waals surface area contributed by atoms with Gasteiger partial charge in [-0.2, -0.15) is 0 Å². The lowest BCUT2D eigenvalue weighted by Gasteiger charge is -2.33. The van der Waals surface area contributed by atoms with Crippen LogP contribution in [0.5, 0.6) is 5.75 Å². The van der Waals surface area contributed by atoms with Gasteiger partial charge in [0.1, 0.15) is 11.5 Å². The fourth-order valence-electron chi connectivity index (χ4n) is 2.89. The van der Waals surface area contributed by atoms with Gasteiger partial charge in [0, 0.05) is 12.3 Å². The predicted octanol–water partition coefficient (Wildman–Crippen LogP) is 4.79. The van der Waals surface area contributed by atoms with E-state index in [0.29, 0.717) is 17.6 Å². The van der Waals surface area contributed by atoms with E-state index in [0.717, 1.165) is 41.5 Å². The van der Waals surface area contributed by atoms with Crippen molar-refractivity contribution in [2.24, 2.45) is 11.3 Å². The zero-order valence-electron chi connectivity index (χ0n) is 12.5. The van der Waals surface area contributed by atoms with Crippen LogP contribution in [-0.4, -0.2) is 12.9 Å². The molecule has 3 heteroatoms. The van der Waals surface area contributed by atoms with Crippen LogP contribution in [0.4, 0.5) is 0 Å². The third-order valence-corrected chi connectivity index (χ3v) is 5.01. The minimum atomic E-state index is 0.254. The van der Waals surface area contributed by atoms with Crippen molar-refractivity contribution in [1.82, 2.24) is 0 Å². The molecule has 20 heavy (non-hydrogen) atoms. The Labute approximate surface area is 130 Å². The van der Waals surface area contributed by atoms with Crippen LogP contribution in [0, 0.1) is 11.3 Å². The second-order valence-corrected chi connectivity index (χ2v) is 7.40. The van der Waals surface area contributed by atoms with Gasteiger partial charge >= 0.3 is 0 Å². The number of benzene rings is 1. The van der Waals surface area contributed by atoms with E-state index in [1.807, 2.05) is 18.2 Å². The summed E-state index contributed by atoms with van der Waals surface area (Å²) in [4.78, 5) is 12.4. The molecule has 1 saturated carbocycles. The molecule has 2 nitrogen and oxygen atoms in total. The third kappa shape index (κ3) is 3.85. The Bertz CT molecular complexity index is 484. The monoisotopic (exact) mass is 338 g/mol. The summed E-state index contributed by atoms with van der Waals surface area (Å²) < 4.78 is 6.12. The molecule has 1 aromatic carbocycles. The second kappa shape index (κ2) is 6.30. The van der Waals surface area contributed by atoms with Crippen molar-refractivity contribution in [1.29, 1.82) is 0 Å². The van der Waals surface area contributed by atoms with Gasteiger partial charge in [-0.25, -0.2) is 0 Å². The summed E-state index contributed by atoms with van der Waals surface area (Å²) in [5, 5.41) is 0. The van der Waals surface area contributed by atoms with E-state index in [1.165, 1.54) is 0 Å². The number of ether oxygens (including phenoxy) is 1. The third-order valence-electron chi connectivity index (χ3n) is 4.39. The molecule has 0 heterocycles. The van der Waals surface area contributed by atoms with Crippen LogP contribution in [-0.2, 0) is 11.2 Å². The topological polar surface area (TPSA) is 26.3 Å². The van der Waals surface area contributed by atoms with Crippen molar-refractivity contribution in [3.8, 4) is 5.75 Å². The fraction of sp³-hybridized carbons (Fsp3) is 0.588. The summed E-state index contributed by atoms with van der Waals surface area (Å²) in [6.45, 7) is 4.60.